The van der Waals surface area contributed by atoms with E-state index in [1.807, 2.05) is 0 Å². The molecule has 1 atom stereocenters. The minimum Gasteiger partial charge on any atom is -0.329 e. The number of rotatable bonds is 4. The molecule has 2 heteroatoms. The van der Waals surface area contributed by atoms with Gasteiger partial charge in [-0.15, -0.1) is 0 Å². The van der Waals surface area contributed by atoms with E-state index in [9.17, 15) is 0 Å². The van der Waals surface area contributed by atoms with E-state index in [-0.39, 0.29) is 6.04 Å². The Hall–Kier alpha value is -1.12. The lowest BCUT2D eigenvalue weighted by Crippen LogP contribution is -2.35. The number of nitrogens with two attached hydrogens (primary N) is 1. The van der Waals surface area contributed by atoms with Crippen LogP contribution in [0.2, 0.25) is 0 Å². The van der Waals surface area contributed by atoms with E-state index >= 15 is 0 Å². The van der Waals surface area contributed by atoms with Gasteiger partial charge in [-0.05, 0) is 30.9 Å². The van der Waals surface area contributed by atoms with Crippen LogP contribution in [0.15, 0.2) is 36.4 Å². The van der Waals surface area contributed by atoms with E-state index in [1.54, 1.807) is 0 Å². The van der Waals surface area contributed by atoms with Gasteiger partial charge in [0, 0.05) is 18.6 Å². The Bertz CT molecular complexity index is 363. The lowest BCUT2D eigenvalue weighted by atomic mass is 10.0. The van der Waals surface area contributed by atoms with Gasteiger partial charge >= 0.3 is 0 Å². The summed E-state index contributed by atoms with van der Waals surface area (Å²) < 4.78 is 0. The van der Waals surface area contributed by atoms with Gasteiger partial charge in [0.05, 0.1) is 0 Å². The maximum atomic E-state index is 5.87. The predicted octanol–water partition coefficient (Wildman–Crippen LogP) is 2.30. The minimum absolute atomic E-state index is 0.283. The van der Waals surface area contributed by atoms with E-state index in [4.69, 9.17) is 5.73 Å². The zero-order valence-corrected chi connectivity index (χ0v) is 9.82. The molecule has 1 aromatic rings. The molecule has 0 spiro atoms. The molecule has 2 nitrogen and oxygen atoms in total. The molecule has 1 aromatic carbocycles. The van der Waals surface area contributed by atoms with Gasteiger partial charge in [0.2, 0.25) is 0 Å². The second-order valence-electron chi connectivity index (χ2n) is 4.45. The Morgan fingerprint density at radius 1 is 1.31 bits per heavy atom. The van der Waals surface area contributed by atoms with Gasteiger partial charge in [0.1, 0.15) is 0 Å². The molecule has 0 aliphatic heterocycles. The van der Waals surface area contributed by atoms with Gasteiger partial charge in [-0.2, -0.15) is 0 Å². The van der Waals surface area contributed by atoms with E-state index in [1.165, 1.54) is 11.1 Å². The van der Waals surface area contributed by atoms with Crippen molar-refractivity contribution in [2.24, 2.45) is 5.73 Å². The monoisotopic (exact) mass is 216 g/mol. The number of benzene rings is 1. The highest BCUT2D eigenvalue weighted by Crippen LogP contribution is 2.20. The van der Waals surface area contributed by atoms with Crippen LogP contribution in [-0.2, 0) is 0 Å². The fraction of sp³-hybridized carbons (Fsp3) is 0.429. The van der Waals surface area contributed by atoms with Crippen molar-refractivity contribution in [3.63, 3.8) is 0 Å². The second-order valence-corrected chi connectivity index (χ2v) is 4.45. The van der Waals surface area contributed by atoms with Crippen LogP contribution in [0, 0.1) is 6.92 Å². The van der Waals surface area contributed by atoms with Crippen LogP contribution in [0.4, 0.5) is 0 Å². The normalized spacial score (nSPS) is 17.9. The Balaban J connectivity index is 2.07. The molecule has 86 valence electrons. The molecule has 0 bridgehead atoms. The number of nitrogens with one attached hydrogen (secondary N) is 1. The van der Waals surface area contributed by atoms with Gasteiger partial charge in [-0.25, -0.2) is 0 Å². The molecule has 0 saturated carbocycles. The Morgan fingerprint density at radius 3 is 2.62 bits per heavy atom. The van der Waals surface area contributed by atoms with Gasteiger partial charge in [-0.1, -0.05) is 36.4 Å². The van der Waals surface area contributed by atoms with Crippen molar-refractivity contribution in [3.05, 3.63) is 47.5 Å². The van der Waals surface area contributed by atoms with Crippen molar-refractivity contribution in [1.82, 2.24) is 5.32 Å². The summed E-state index contributed by atoms with van der Waals surface area (Å²) in [5, 5.41) is 3.64. The summed E-state index contributed by atoms with van der Waals surface area (Å²) in [5.74, 6) is 0. The van der Waals surface area contributed by atoms with E-state index in [0.717, 1.165) is 12.8 Å². The standard InChI is InChI=1S/C14H20N2/c1-11-6-2-5-9-13(11)14(10-15)16-12-7-3-4-8-12/h2-6,9,12,14,16H,7-8,10,15H2,1H3. The molecule has 1 aliphatic rings. The zero-order valence-electron chi connectivity index (χ0n) is 9.82. The fourth-order valence-electron chi connectivity index (χ4n) is 2.30. The molecule has 0 fully saturated rings. The maximum absolute atomic E-state index is 5.87. The first-order valence-electron chi connectivity index (χ1n) is 5.98. The molecular formula is C14H20N2. The third-order valence-electron chi connectivity index (χ3n) is 3.24. The van der Waals surface area contributed by atoms with Gasteiger partial charge in [0.25, 0.3) is 0 Å². The third kappa shape index (κ3) is 2.52. The van der Waals surface area contributed by atoms with E-state index in [2.05, 4.69) is 48.7 Å². The molecular weight excluding hydrogens is 196 g/mol. The lowest BCUT2D eigenvalue weighted by Gasteiger charge is -2.23. The second kappa shape index (κ2) is 5.28. The SMILES string of the molecule is Cc1ccccc1C(CN)NC1CC=CC1. The van der Waals surface area contributed by atoms with Crippen LogP contribution >= 0.6 is 0 Å². The highest BCUT2D eigenvalue weighted by molar-refractivity contribution is 5.29. The predicted molar refractivity (Wildman–Crippen MR) is 68.3 cm³/mol. The summed E-state index contributed by atoms with van der Waals surface area (Å²) in [6.45, 7) is 2.80. The van der Waals surface area contributed by atoms with E-state index < -0.39 is 0 Å². The molecule has 0 amide bonds. The smallest absolute Gasteiger partial charge is 0.0449 e. The summed E-state index contributed by atoms with van der Waals surface area (Å²) in [7, 11) is 0. The quantitative estimate of drug-likeness (QED) is 0.758. The third-order valence-corrected chi connectivity index (χ3v) is 3.24. The maximum Gasteiger partial charge on any atom is 0.0449 e. The van der Waals surface area contributed by atoms with E-state index in [0.29, 0.717) is 12.6 Å². The van der Waals surface area contributed by atoms with Crippen molar-refractivity contribution in [1.29, 1.82) is 0 Å². The molecule has 0 heterocycles. The molecule has 0 saturated heterocycles. The van der Waals surface area contributed by atoms with Crippen LogP contribution in [0.25, 0.3) is 0 Å². The number of hydrogen-bond acceptors (Lipinski definition) is 2. The summed E-state index contributed by atoms with van der Waals surface area (Å²) in [6.07, 6.45) is 6.73. The van der Waals surface area contributed by atoms with Crippen LogP contribution in [-0.4, -0.2) is 12.6 Å². The van der Waals surface area contributed by atoms with Crippen LogP contribution < -0.4 is 11.1 Å². The summed E-state index contributed by atoms with van der Waals surface area (Å²) in [5.41, 5.74) is 8.52. The van der Waals surface area contributed by atoms with Crippen molar-refractivity contribution in [3.8, 4) is 0 Å². The number of hydrogen-bond donors (Lipinski definition) is 2. The highest BCUT2D eigenvalue weighted by atomic mass is 15.0. The van der Waals surface area contributed by atoms with Crippen molar-refractivity contribution >= 4 is 0 Å². The zero-order chi connectivity index (χ0) is 11.4. The molecule has 1 unspecified atom stereocenters. The molecule has 16 heavy (non-hydrogen) atoms. The van der Waals surface area contributed by atoms with Crippen molar-refractivity contribution < 1.29 is 0 Å². The van der Waals surface area contributed by atoms with Crippen LogP contribution in [0.5, 0.6) is 0 Å². The van der Waals surface area contributed by atoms with Crippen LogP contribution in [0.1, 0.15) is 30.0 Å². The number of aryl methyl sites for hydroxylation is 1. The van der Waals surface area contributed by atoms with Gasteiger partial charge in [-0.3, -0.25) is 0 Å². The van der Waals surface area contributed by atoms with Crippen molar-refractivity contribution in [2.75, 3.05) is 6.54 Å². The van der Waals surface area contributed by atoms with Crippen molar-refractivity contribution in [2.45, 2.75) is 31.8 Å². The van der Waals surface area contributed by atoms with Crippen LogP contribution in [0.3, 0.4) is 0 Å². The molecule has 2 rings (SSSR count). The Morgan fingerprint density at radius 2 is 2.00 bits per heavy atom. The Kier molecular flexibility index (Phi) is 3.75. The topological polar surface area (TPSA) is 38.0 Å². The first-order valence-corrected chi connectivity index (χ1v) is 5.98. The molecule has 0 aromatic heterocycles. The molecule has 1 aliphatic carbocycles. The van der Waals surface area contributed by atoms with Gasteiger partial charge < -0.3 is 11.1 Å². The first kappa shape index (κ1) is 11.4. The summed E-state index contributed by atoms with van der Waals surface area (Å²) in [4.78, 5) is 0. The van der Waals surface area contributed by atoms with Gasteiger partial charge in [0.15, 0.2) is 0 Å². The fourth-order valence-corrected chi connectivity index (χ4v) is 2.30. The minimum atomic E-state index is 0.283. The summed E-state index contributed by atoms with van der Waals surface area (Å²) >= 11 is 0. The largest absolute Gasteiger partial charge is 0.329 e. The Labute approximate surface area is 97.5 Å². The average molecular weight is 216 g/mol. The average Bonchev–Trinajstić information content (AvgIpc) is 2.80. The summed E-state index contributed by atoms with van der Waals surface area (Å²) in [6, 6.07) is 9.32. The highest BCUT2D eigenvalue weighted by Gasteiger charge is 2.17. The molecule has 3 N–H and O–H groups in total. The molecule has 0 radical (unpaired) electrons. The first-order chi connectivity index (χ1) is 7.81. The lowest BCUT2D eigenvalue weighted by molar-refractivity contribution is 0.452.